The maximum absolute atomic E-state index is 15.4. The van der Waals surface area contributed by atoms with Gasteiger partial charge in [-0.05, 0) is 25.1 Å². The Morgan fingerprint density at radius 2 is 2.02 bits per heavy atom. The molecule has 4 aromatic heterocycles. The van der Waals surface area contributed by atoms with Crippen molar-refractivity contribution in [3.63, 3.8) is 0 Å². The lowest BCUT2D eigenvalue weighted by Crippen LogP contribution is -2.56. The van der Waals surface area contributed by atoms with Gasteiger partial charge in [-0.25, -0.2) is 27.7 Å². The average Bonchev–Trinajstić information content (AvgIpc) is 3.56. The predicted molar refractivity (Wildman–Crippen MR) is 142 cm³/mol. The van der Waals surface area contributed by atoms with Gasteiger partial charge in [0.2, 0.25) is 4.96 Å². The molecular formula is C24H21ClF3N7O3S2. The summed E-state index contributed by atoms with van der Waals surface area (Å²) in [6, 6.07) is 3.21. The number of rotatable bonds is 6. The molecule has 4 aromatic rings. The van der Waals surface area contributed by atoms with Gasteiger partial charge in [-0.2, -0.15) is 5.10 Å². The van der Waals surface area contributed by atoms with Gasteiger partial charge in [-0.3, -0.25) is 9.59 Å². The average molecular weight is 612 g/mol. The molecular weight excluding hydrogens is 591 g/mol. The van der Waals surface area contributed by atoms with Gasteiger partial charge in [0.05, 0.1) is 34.2 Å². The van der Waals surface area contributed by atoms with E-state index in [-0.39, 0.29) is 33.0 Å². The molecule has 6 heterocycles. The Kier molecular flexibility index (Phi) is 6.62. The Hall–Kier alpha value is -3.43. The number of ether oxygens (including phenoxy) is 1. The van der Waals surface area contributed by atoms with E-state index in [1.807, 2.05) is 6.92 Å². The second-order valence-corrected chi connectivity index (χ2v) is 12.0. The number of pyridine rings is 1. The summed E-state index contributed by atoms with van der Waals surface area (Å²) in [6.45, 7) is 0.710. The van der Waals surface area contributed by atoms with Crippen LogP contribution >= 0.6 is 34.3 Å². The van der Waals surface area contributed by atoms with Crippen LogP contribution in [0.3, 0.4) is 0 Å². The van der Waals surface area contributed by atoms with E-state index in [4.69, 9.17) is 16.3 Å². The first-order valence-electron chi connectivity index (χ1n) is 12.1. The second kappa shape index (κ2) is 9.89. The van der Waals surface area contributed by atoms with E-state index in [2.05, 4.69) is 20.4 Å². The zero-order chi connectivity index (χ0) is 28.3. The number of alkyl halides is 2. The molecule has 0 saturated carbocycles. The Morgan fingerprint density at radius 1 is 1.25 bits per heavy atom. The minimum atomic E-state index is -2.76. The monoisotopic (exact) mass is 611 g/mol. The van der Waals surface area contributed by atoms with Gasteiger partial charge in [0.25, 0.3) is 17.7 Å². The van der Waals surface area contributed by atoms with Crippen molar-refractivity contribution in [1.82, 2.24) is 29.8 Å². The van der Waals surface area contributed by atoms with E-state index in [0.717, 1.165) is 22.4 Å². The van der Waals surface area contributed by atoms with Crippen LogP contribution < -0.4 is 15.0 Å². The first-order chi connectivity index (χ1) is 19.0. The summed E-state index contributed by atoms with van der Waals surface area (Å²) in [6.07, 6.45) is 0.416. The highest BCUT2D eigenvalue weighted by Gasteiger charge is 2.44. The second-order valence-electron chi connectivity index (χ2n) is 9.36. The number of imidazole rings is 1. The summed E-state index contributed by atoms with van der Waals surface area (Å²) in [7, 11) is 1.45. The number of hydrogen-bond acceptors (Lipinski definition) is 9. The number of amides is 2. The van der Waals surface area contributed by atoms with Crippen LogP contribution in [0.4, 0.5) is 19.0 Å². The molecule has 16 heteroatoms. The van der Waals surface area contributed by atoms with Crippen LogP contribution in [0.1, 0.15) is 37.0 Å². The van der Waals surface area contributed by atoms with Crippen molar-refractivity contribution in [3.05, 3.63) is 55.3 Å². The smallest absolute Gasteiger partial charge is 0.282 e. The minimum Gasteiger partial charge on any atom is -0.481 e. The van der Waals surface area contributed by atoms with Gasteiger partial charge in [-0.15, -0.1) is 11.3 Å². The largest absolute Gasteiger partial charge is 0.481 e. The van der Waals surface area contributed by atoms with Crippen molar-refractivity contribution in [2.24, 2.45) is 0 Å². The number of thiophene rings is 1. The van der Waals surface area contributed by atoms with Gasteiger partial charge >= 0.3 is 0 Å². The lowest BCUT2D eigenvalue weighted by molar-refractivity contribution is -0.135. The molecule has 0 aromatic carbocycles. The van der Waals surface area contributed by atoms with Crippen molar-refractivity contribution < 1.29 is 27.5 Å². The minimum absolute atomic E-state index is 0.0760. The Labute approximate surface area is 238 Å². The maximum atomic E-state index is 15.4. The van der Waals surface area contributed by atoms with Crippen molar-refractivity contribution >= 4 is 56.9 Å². The highest BCUT2D eigenvalue weighted by Crippen LogP contribution is 2.41. The summed E-state index contributed by atoms with van der Waals surface area (Å²) in [5.74, 6) is -3.91. The topological polar surface area (TPSA) is 105 Å². The summed E-state index contributed by atoms with van der Waals surface area (Å²) in [5.41, 5.74) is 1.25. The number of aromatic nitrogens is 4. The first kappa shape index (κ1) is 26.8. The number of nitrogens with one attached hydrogen (secondary N) is 1. The van der Waals surface area contributed by atoms with Crippen LogP contribution in [0.15, 0.2) is 18.2 Å². The molecule has 1 atom stereocenters. The van der Waals surface area contributed by atoms with Crippen LogP contribution in [0, 0.1) is 12.7 Å². The molecule has 6 rings (SSSR count). The molecule has 10 nitrogen and oxygen atoms in total. The third-order valence-corrected chi connectivity index (χ3v) is 8.88. The number of fused-ring (bicyclic) bond motifs is 3. The normalized spacial score (nSPS) is 18.0. The predicted octanol–water partition coefficient (Wildman–Crippen LogP) is 3.72. The molecule has 1 N–H and O–H groups in total. The SMILES string of the molecule is CNC(=O)c1cc(F)c(C2c3c(nc4sc(C)nn34)CCN2C(=O)COc2ccc(N3CC(F)(F)C3)nc2Cl)s1. The molecule has 0 radical (unpaired) electrons. The summed E-state index contributed by atoms with van der Waals surface area (Å²) in [5, 5.41) is 7.69. The fourth-order valence-corrected chi connectivity index (χ4v) is 6.87. The molecule has 210 valence electrons. The van der Waals surface area contributed by atoms with Crippen LogP contribution in [0.2, 0.25) is 5.15 Å². The van der Waals surface area contributed by atoms with Crippen molar-refractivity contribution in [2.45, 2.75) is 25.3 Å². The number of anilines is 1. The zero-order valence-electron chi connectivity index (χ0n) is 21.1. The van der Waals surface area contributed by atoms with Crippen LogP contribution in [-0.2, 0) is 11.2 Å². The quantitative estimate of drug-likeness (QED) is 0.332. The molecule has 1 saturated heterocycles. The zero-order valence-corrected chi connectivity index (χ0v) is 23.5. The number of carbonyl (C=O) groups excluding carboxylic acids is 2. The molecule has 0 aliphatic carbocycles. The lowest BCUT2D eigenvalue weighted by atomic mass is 10.0. The van der Waals surface area contributed by atoms with Crippen molar-refractivity contribution in [2.75, 3.05) is 38.2 Å². The maximum Gasteiger partial charge on any atom is 0.282 e. The standard InChI is InChI=1S/C24H21ClF3N7O3S2/c1-11-32-35-18-13(30-23(35)39-11)5-6-34(19(18)20-12(26)7-15(40-20)22(37)29-2)17(36)8-38-14-3-4-16(31-21(14)25)33-9-24(27,28)10-33/h3-4,7,19H,5-6,8-10H2,1-2H3,(H,29,37). The van der Waals surface area contributed by atoms with E-state index >= 15 is 4.39 Å². The molecule has 2 aliphatic heterocycles. The van der Waals surface area contributed by atoms with Gasteiger partial charge in [0, 0.05) is 20.0 Å². The molecule has 1 unspecified atom stereocenters. The van der Waals surface area contributed by atoms with Crippen LogP contribution in [-0.4, -0.2) is 75.5 Å². The third-order valence-electron chi connectivity index (χ3n) is 6.63. The molecule has 0 spiro atoms. The molecule has 2 amide bonds. The Morgan fingerprint density at radius 3 is 2.73 bits per heavy atom. The van der Waals surface area contributed by atoms with E-state index in [1.165, 1.54) is 40.3 Å². The van der Waals surface area contributed by atoms with Gasteiger partial charge in [0.15, 0.2) is 17.5 Å². The van der Waals surface area contributed by atoms with E-state index < -0.39 is 49.3 Å². The first-order valence-corrected chi connectivity index (χ1v) is 14.1. The fourth-order valence-electron chi connectivity index (χ4n) is 4.79. The van der Waals surface area contributed by atoms with E-state index in [9.17, 15) is 18.4 Å². The third kappa shape index (κ3) is 4.65. The summed E-state index contributed by atoms with van der Waals surface area (Å²) >= 11 is 8.56. The molecule has 40 heavy (non-hydrogen) atoms. The van der Waals surface area contributed by atoms with Gasteiger partial charge in [-0.1, -0.05) is 22.9 Å². The molecule has 2 aliphatic rings. The Bertz CT molecular complexity index is 1650. The highest BCUT2D eigenvalue weighted by atomic mass is 35.5. The van der Waals surface area contributed by atoms with Crippen molar-refractivity contribution in [1.29, 1.82) is 0 Å². The molecule has 0 bridgehead atoms. The number of halogens is 4. The number of nitrogens with zero attached hydrogens (tertiary/aromatic N) is 6. The van der Waals surface area contributed by atoms with Gasteiger partial charge in [0.1, 0.15) is 22.7 Å². The van der Waals surface area contributed by atoms with Crippen LogP contribution in [0.5, 0.6) is 5.75 Å². The Balaban J connectivity index is 1.28. The number of hydrogen-bond donors (Lipinski definition) is 1. The molecule has 1 fully saturated rings. The van der Waals surface area contributed by atoms with Crippen LogP contribution in [0.25, 0.3) is 4.96 Å². The highest BCUT2D eigenvalue weighted by molar-refractivity contribution is 7.16. The van der Waals surface area contributed by atoms with E-state index in [1.54, 1.807) is 4.52 Å². The van der Waals surface area contributed by atoms with Gasteiger partial charge < -0.3 is 19.9 Å². The summed E-state index contributed by atoms with van der Waals surface area (Å²) in [4.78, 5) is 38.4. The van der Waals surface area contributed by atoms with E-state index in [0.29, 0.717) is 22.8 Å². The fraction of sp³-hybridized carbons (Fsp3) is 0.375. The number of carbonyl (C=O) groups is 2. The summed E-state index contributed by atoms with van der Waals surface area (Å²) < 4.78 is 49.1. The lowest BCUT2D eigenvalue weighted by Gasteiger charge is -2.39. The van der Waals surface area contributed by atoms with Crippen molar-refractivity contribution in [3.8, 4) is 5.75 Å². The number of aryl methyl sites for hydroxylation is 1.